The summed E-state index contributed by atoms with van der Waals surface area (Å²) in [7, 11) is 0. The number of alkyl halides is 1. The van der Waals surface area contributed by atoms with Crippen molar-refractivity contribution in [2.45, 2.75) is 61.2 Å². The van der Waals surface area contributed by atoms with Crippen molar-refractivity contribution >= 4 is 0 Å². The number of ether oxygens (including phenoxy) is 3. The summed E-state index contributed by atoms with van der Waals surface area (Å²) in [5.74, 6) is 0. The van der Waals surface area contributed by atoms with Gasteiger partial charge in [-0.3, -0.25) is 0 Å². The predicted octanol–water partition coefficient (Wildman–Crippen LogP) is -4.41. The van der Waals surface area contributed by atoms with Crippen LogP contribution in [0.4, 0.5) is 4.39 Å². The summed E-state index contributed by atoms with van der Waals surface area (Å²) < 4.78 is 28.4. The van der Waals surface area contributed by atoms with Crippen molar-refractivity contribution in [3.05, 3.63) is 0 Å². The lowest BCUT2D eigenvalue weighted by Gasteiger charge is -2.42. The highest BCUT2D eigenvalue weighted by molar-refractivity contribution is 4.94. The molecule has 2 heterocycles. The molecule has 2 fully saturated rings. The first-order valence-electron chi connectivity index (χ1n) is 7.57. The van der Waals surface area contributed by atoms with Crippen LogP contribution in [0.1, 0.15) is 0 Å². The third kappa shape index (κ3) is 3.85. The molecule has 0 aromatic rings. The van der Waals surface area contributed by atoms with Gasteiger partial charge in [-0.15, -0.1) is 0 Å². The van der Waals surface area contributed by atoms with E-state index >= 15 is 0 Å². The van der Waals surface area contributed by atoms with Gasteiger partial charge in [-0.2, -0.15) is 0 Å². The van der Waals surface area contributed by atoms with Crippen LogP contribution in [0.25, 0.3) is 0 Å². The Balaban J connectivity index is 1.96. The second kappa shape index (κ2) is 8.27. The zero-order valence-corrected chi connectivity index (χ0v) is 12.8. The van der Waals surface area contributed by atoms with Gasteiger partial charge in [0.25, 0.3) is 0 Å². The van der Waals surface area contributed by atoms with E-state index in [1.807, 2.05) is 0 Å². The monoisotopic (exact) mass is 357 g/mol. The molecule has 0 aromatic heterocycles. The van der Waals surface area contributed by atoms with Gasteiger partial charge in [0.2, 0.25) is 0 Å². The quantitative estimate of drug-likeness (QED) is 0.254. The zero-order chi connectivity index (χ0) is 18.0. The van der Waals surface area contributed by atoms with E-state index in [9.17, 15) is 29.9 Å². The predicted molar refractivity (Wildman–Crippen MR) is 74.3 cm³/mol. The van der Waals surface area contributed by atoms with Crippen molar-refractivity contribution < 1.29 is 49.2 Å². The first-order chi connectivity index (χ1) is 11.3. The molecule has 0 radical (unpaired) electrons. The maximum atomic E-state index is 12.8. The minimum absolute atomic E-state index is 0.413. The Hall–Kier alpha value is -0.470. The fraction of sp³-hybridized carbons (Fsp3) is 1.00. The van der Waals surface area contributed by atoms with Gasteiger partial charge < -0.3 is 50.6 Å². The second-order valence-corrected chi connectivity index (χ2v) is 5.96. The van der Waals surface area contributed by atoms with E-state index in [2.05, 4.69) is 0 Å². The normalized spacial score (nSPS) is 50.0. The Morgan fingerprint density at radius 1 is 0.833 bits per heavy atom. The molecule has 10 atom stereocenters. The van der Waals surface area contributed by atoms with Crippen LogP contribution in [0, 0.1) is 0 Å². The van der Waals surface area contributed by atoms with E-state index in [-0.39, 0.29) is 0 Å². The Morgan fingerprint density at radius 3 is 2.04 bits per heavy atom. The van der Waals surface area contributed by atoms with Crippen molar-refractivity contribution in [2.24, 2.45) is 5.73 Å². The van der Waals surface area contributed by atoms with Crippen molar-refractivity contribution in [1.29, 1.82) is 0 Å². The molecule has 0 amide bonds. The lowest BCUT2D eigenvalue weighted by Crippen LogP contribution is -2.63. The number of rotatable bonds is 5. The molecule has 10 nitrogen and oxygen atoms in total. The van der Waals surface area contributed by atoms with Crippen LogP contribution in [0.15, 0.2) is 0 Å². The summed E-state index contributed by atoms with van der Waals surface area (Å²) in [6.07, 6.45) is -12.5. The molecule has 142 valence electrons. The average Bonchev–Trinajstić information content (AvgIpc) is 2.58. The van der Waals surface area contributed by atoms with Crippen LogP contribution in [0.3, 0.4) is 0 Å². The largest absolute Gasteiger partial charge is 0.394 e. The molecule has 0 unspecified atom stereocenters. The zero-order valence-electron chi connectivity index (χ0n) is 12.8. The van der Waals surface area contributed by atoms with Crippen LogP contribution in [0.2, 0.25) is 0 Å². The Morgan fingerprint density at radius 2 is 1.46 bits per heavy atom. The van der Waals surface area contributed by atoms with E-state index in [1.165, 1.54) is 0 Å². The van der Waals surface area contributed by atoms with E-state index in [4.69, 9.17) is 25.1 Å². The SMILES string of the molecule is N[C@@H]1[C@H](O)[C@@H](O)[C@@H](OC[C@H]2O[C@H](CO)[C@@H](O)[C@H](O)[C@H]2O)O[C@@H]1CF. The molecule has 0 bridgehead atoms. The maximum Gasteiger partial charge on any atom is 0.186 e. The molecular weight excluding hydrogens is 333 g/mol. The van der Waals surface area contributed by atoms with E-state index < -0.39 is 81.1 Å². The maximum absolute atomic E-state index is 12.8. The molecule has 0 spiro atoms. The first-order valence-corrected chi connectivity index (χ1v) is 7.57. The molecule has 0 saturated carbocycles. The van der Waals surface area contributed by atoms with Crippen molar-refractivity contribution in [2.75, 3.05) is 19.9 Å². The molecule has 8 N–H and O–H groups in total. The lowest BCUT2D eigenvalue weighted by molar-refractivity contribution is -0.296. The Labute approximate surface area is 137 Å². The highest BCUT2D eigenvalue weighted by atomic mass is 19.1. The minimum Gasteiger partial charge on any atom is -0.394 e. The number of aliphatic hydroxyl groups is 6. The van der Waals surface area contributed by atoms with Crippen molar-refractivity contribution in [3.8, 4) is 0 Å². The third-order valence-corrected chi connectivity index (χ3v) is 4.33. The van der Waals surface area contributed by atoms with Gasteiger partial charge in [-0.25, -0.2) is 4.39 Å². The molecular formula is C13H24FNO9. The third-order valence-electron chi connectivity index (χ3n) is 4.33. The van der Waals surface area contributed by atoms with Crippen LogP contribution in [0.5, 0.6) is 0 Å². The van der Waals surface area contributed by atoms with E-state index in [0.29, 0.717) is 0 Å². The number of halogens is 1. The molecule has 2 aliphatic rings. The summed E-state index contributed by atoms with van der Waals surface area (Å²) in [5.41, 5.74) is 5.53. The van der Waals surface area contributed by atoms with Gasteiger partial charge >= 0.3 is 0 Å². The van der Waals surface area contributed by atoms with Crippen molar-refractivity contribution in [3.63, 3.8) is 0 Å². The number of nitrogens with two attached hydrogens (primary N) is 1. The summed E-state index contributed by atoms with van der Waals surface area (Å²) in [5, 5.41) is 58.0. The lowest BCUT2D eigenvalue weighted by atomic mass is 9.95. The van der Waals surface area contributed by atoms with Gasteiger partial charge in [0.15, 0.2) is 6.29 Å². The summed E-state index contributed by atoms with van der Waals surface area (Å²) in [6, 6.07) is -1.13. The van der Waals surface area contributed by atoms with Gasteiger partial charge in [0.1, 0.15) is 55.5 Å². The van der Waals surface area contributed by atoms with Crippen LogP contribution >= 0.6 is 0 Å². The second-order valence-electron chi connectivity index (χ2n) is 5.96. The van der Waals surface area contributed by atoms with Crippen LogP contribution < -0.4 is 5.73 Å². The standard InChI is InChI=1S/C13H24FNO9/c14-1-4-7(15)10(19)12(21)13(24-4)22-3-6-9(18)11(20)8(17)5(2-16)23-6/h4-13,16-21H,1-3,15H2/t4-,5-,6-,7+,8-,9+,10+,11+,12-,13+/m1/s1. The van der Waals surface area contributed by atoms with Gasteiger partial charge in [0, 0.05) is 0 Å². The smallest absolute Gasteiger partial charge is 0.186 e. The summed E-state index contributed by atoms with van der Waals surface area (Å²) in [6.45, 7) is -2.00. The summed E-state index contributed by atoms with van der Waals surface area (Å²) >= 11 is 0. The number of hydrogen-bond acceptors (Lipinski definition) is 10. The van der Waals surface area contributed by atoms with Gasteiger partial charge in [-0.1, -0.05) is 0 Å². The average molecular weight is 357 g/mol. The molecule has 0 aromatic carbocycles. The molecule has 2 rings (SSSR count). The van der Waals surface area contributed by atoms with Crippen molar-refractivity contribution in [1.82, 2.24) is 0 Å². The minimum atomic E-state index is -1.57. The fourth-order valence-corrected chi connectivity index (χ4v) is 2.74. The van der Waals surface area contributed by atoms with E-state index in [0.717, 1.165) is 0 Å². The topological polar surface area (TPSA) is 175 Å². The Bertz CT molecular complexity index is 366. The first kappa shape index (κ1) is 19.8. The van der Waals surface area contributed by atoms with Gasteiger partial charge in [-0.05, 0) is 0 Å². The molecule has 2 aliphatic heterocycles. The van der Waals surface area contributed by atoms with Crippen LogP contribution in [-0.4, -0.2) is 112 Å². The molecule has 11 heteroatoms. The molecule has 0 aliphatic carbocycles. The molecule has 24 heavy (non-hydrogen) atoms. The number of hydrogen-bond donors (Lipinski definition) is 7. The highest BCUT2D eigenvalue weighted by Crippen LogP contribution is 2.25. The Kier molecular flexibility index (Phi) is 6.84. The molecule has 2 saturated heterocycles. The van der Waals surface area contributed by atoms with E-state index in [1.54, 1.807) is 0 Å². The highest BCUT2D eigenvalue weighted by Gasteiger charge is 2.46. The fourth-order valence-electron chi connectivity index (χ4n) is 2.74. The van der Waals surface area contributed by atoms with Crippen LogP contribution in [-0.2, 0) is 14.2 Å². The number of aliphatic hydroxyl groups excluding tert-OH is 6. The van der Waals surface area contributed by atoms with Gasteiger partial charge in [0.05, 0.1) is 19.3 Å². The summed E-state index contributed by atoms with van der Waals surface area (Å²) in [4.78, 5) is 0.